The van der Waals surface area contributed by atoms with Crippen molar-refractivity contribution in [3.05, 3.63) is 16.1 Å². The van der Waals surface area contributed by atoms with Crippen LogP contribution in [0.25, 0.3) is 0 Å². The molecule has 1 aromatic heterocycles. The molecule has 5 heteroatoms. The Morgan fingerprint density at radius 2 is 2.44 bits per heavy atom. The van der Waals surface area contributed by atoms with Crippen molar-refractivity contribution in [2.45, 2.75) is 19.5 Å². The van der Waals surface area contributed by atoms with Gasteiger partial charge in [0.05, 0.1) is 13.2 Å². The first kappa shape index (κ1) is 12.0. The van der Waals surface area contributed by atoms with Crippen LogP contribution in [-0.2, 0) is 11.3 Å². The van der Waals surface area contributed by atoms with Crippen molar-refractivity contribution in [2.24, 2.45) is 5.92 Å². The van der Waals surface area contributed by atoms with Crippen LogP contribution in [0.15, 0.2) is 6.20 Å². The lowest BCUT2D eigenvalue weighted by atomic mass is 10.0. The minimum atomic E-state index is 0.491. The van der Waals surface area contributed by atoms with Gasteiger partial charge in [-0.1, -0.05) is 0 Å². The monoisotopic (exact) mass is 241 g/mol. The maximum Gasteiger partial charge on any atom is 0.107 e. The van der Waals surface area contributed by atoms with Crippen LogP contribution in [0, 0.1) is 12.8 Å². The van der Waals surface area contributed by atoms with Gasteiger partial charge in [-0.05, 0) is 14.0 Å². The molecule has 16 heavy (non-hydrogen) atoms. The third-order valence-electron chi connectivity index (χ3n) is 2.92. The summed E-state index contributed by atoms with van der Waals surface area (Å²) in [5.74, 6) is 0.575. The van der Waals surface area contributed by atoms with Crippen LogP contribution in [0.5, 0.6) is 0 Å². The molecule has 0 aromatic carbocycles. The van der Waals surface area contributed by atoms with Crippen LogP contribution in [0.1, 0.15) is 9.88 Å². The first-order chi connectivity index (χ1) is 7.79. The van der Waals surface area contributed by atoms with Crippen molar-refractivity contribution in [3.8, 4) is 0 Å². The molecule has 0 bridgehead atoms. The zero-order chi connectivity index (χ0) is 11.4. The summed E-state index contributed by atoms with van der Waals surface area (Å²) in [7, 11) is 2.00. The van der Waals surface area contributed by atoms with E-state index in [2.05, 4.69) is 22.5 Å². The van der Waals surface area contributed by atoms with Crippen molar-refractivity contribution in [3.63, 3.8) is 0 Å². The number of likely N-dealkylation sites (N-methyl/N-ethyl adjacent to an activating group) is 1. The van der Waals surface area contributed by atoms with Gasteiger partial charge in [-0.3, -0.25) is 0 Å². The Bertz CT molecular complexity index is 329. The van der Waals surface area contributed by atoms with E-state index in [-0.39, 0.29) is 0 Å². The number of nitrogens with one attached hydrogen (secondary N) is 2. The minimum absolute atomic E-state index is 0.491. The average molecular weight is 241 g/mol. The fourth-order valence-corrected chi connectivity index (χ4v) is 2.72. The van der Waals surface area contributed by atoms with Crippen LogP contribution < -0.4 is 10.6 Å². The molecule has 2 heterocycles. The molecule has 2 atom stereocenters. The highest BCUT2D eigenvalue weighted by molar-refractivity contribution is 7.11. The molecule has 0 amide bonds. The Morgan fingerprint density at radius 3 is 3.12 bits per heavy atom. The molecule has 1 aromatic rings. The summed E-state index contributed by atoms with van der Waals surface area (Å²) >= 11 is 1.76. The molecule has 0 saturated carbocycles. The molecule has 90 valence electrons. The highest BCUT2D eigenvalue weighted by atomic mass is 32.1. The summed E-state index contributed by atoms with van der Waals surface area (Å²) in [5.41, 5.74) is 0. The molecule has 0 spiro atoms. The quantitative estimate of drug-likeness (QED) is 0.799. The Kier molecular flexibility index (Phi) is 4.29. The highest BCUT2D eigenvalue weighted by Gasteiger charge is 2.26. The summed E-state index contributed by atoms with van der Waals surface area (Å²) in [6.45, 7) is 5.63. The summed E-state index contributed by atoms with van der Waals surface area (Å²) in [6, 6.07) is 0.491. The first-order valence-corrected chi connectivity index (χ1v) is 6.48. The van der Waals surface area contributed by atoms with Crippen LogP contribution in [0.2, 0.25) is 0 Å². The second-order valence-electron chi connectivity index (χ2n) is 4.19. The maximum atomic E-state index is 5.45. The van der Waals surface area contributed by atoms with Gasteiger partial charge < -0.3 is 15.4 Å². The molecule has 1 aliphatic heterocycles. The van der Waals surface area contributed by atoms with E-state index in [4.69, 9.17) is 4.74 Å². The van der Waals surface area contributed by atoms with Crippen molar-refractivity contribution >= 4 is 11.3 Å². The van der Waals surface area contributed by atoms with Crippen LogP contribution in [0.3, 0.4) is 0 Å². The molecular weight excluding hydrogens is 222 g/mol. The van der Waals surface area contributed by atoms with E-state index >= 15 is 0 Å². The van der Waals surface area contributed by atoms with E-state index in [1.54, 1.807) is 11.3 Å². The van der Waals surface area contributed by atoms with Gasteiger partial charge in [-0.2, -0.15) is 0 Å². The lowest BCUT2D eigenvalue weighted by molar-refractivity contribution is 0.182. The van der Waals surface area contributed by atoms with E-state index in [1.807, 2.05) is 13.2 Å². The fraction of sp³-hybridized carbons (Fsp3) is 0.727. The molecule has 4 nitrogen and oxygen atoms in total. The van der Waals surface area contributed by atoms with Gasteiger partial charge in [0.2, 0.25) is 0 Å². The van der Waals surface area contributed by atoms with Gasteiger partial charge in [0, 0.05) is 36.1 Å². The summed E-state index contributed by atoms with van der Waals surface area (Å²) < 4.78 is 5.45. The standard InChI is InChI=1S/C11H19N3OS/c1-8-3-14-11(16-8)5-13-4-9-6-15-7-10(9)12-2/h3,9-10,12-13H,4-7H2,1-2H3. The minimum Gasteiger partial charge on any atom is -0.379 e. The smallest absolute Gasteiger partial charge is 0.107 e. The van der Waals surface area contributed by atoms with Gasteiger partial charge in [-0.25, -0.2) is 4.98 Å². The molecule has 0 aliphatic carbocycles. The van der Waals surface area contributed by atoms with Gasteiger partial charge in [-0.15, -0.1) is 11.3 Å². The maximum absolute atomic E-state index is 5.45. The largest absolute Gasteiger partial charge is 0.379 e. The normalized spacial score (nSPS) is 25.1. The van der Waals surface area contributed by atoms with Crippen molar-refractivity contribution < 1.29 is 4.74 Å². The molecule has 1 saturated heterocycles. The lowest BCUT2D eigenvalue weighted by Gasteiger charge is -2.16. The second kappa shape index (κ2) is 5.72. The molecule has 2 N–H and O–H groups in total. The number of rotatable bonds is 5. The van der Waals surface area contributed by atoms with Gasteiger partial charge in [0.15, 0.2) is 0 Å². The first-order valence-electron chi connectivity index (χ1n) is 5.66. The Balaban J connectivity index is 1.71. The van der Waals surface area contributed by atoms with E-state index in [1.165, 1.54) is 4.88 Å². The highest BCUT2D eigenvalue weighted by Crippen LogP contribution is 2.13. The van der Waals surface area contributed by atoms with E-state index in [0.717, 1.165) is 31.3 Å². The lowest BCUT2D eigenvalue weighted by Crippen LogP contribution is -2.38. The number of aryl methyl sites for hydroxylation is 1. The van der Waals surface area contributed by atoms with Gasteiger partial charge in [0.25, 0.3) is 0 Å². The van der Waals surface area contributed by atoms with Crippen molar-refractivity contribution in [1.82, 2.24) is 15.6 Å². The summed E-state index contributed by atoms with van der Waals surface area (Å²) in [4.78, 5) is 5.60. The summed E-state index contributed by atoms with van der Waals surface area (Å²) in [5, 5.41) is 7.90. The Hall–Kier alpha value is -0.490. The molecule has 0 radical (unpaired) electrons. The fourth-order valence-electron chi connectivity index (χ4n) is 1.97. The number of hydrogen-bond donors (Lipinski definition) is 2. The number of nitrogens with zero attached hydrogens (tertiary/aromatic N) is 1. The molecule has 2 unspecified atom stereocenters. The zero-order valence-corrected chi connectivity index (χ0v) is 10.6. The molecule has 1 fully saturated rings. The third kappa shape index (κ3) is 3.01. The van der Waals surface area contributed by atoms with Gasteiger partial charge in [0.1, 0.15) is 5.01 Å². The average Bonchev–Trinajstić information content (AvgIpc) is 2.87. The van der Waals surface area contributed by atoms with Gasteiger partial charge >= 0.3 is 0 Å². The number of hydrogen-bond acceptors (Lipinski definition) is 5. The molecule has 2 rings (SSSR count). The Labute approximate surface area is 100 Å². The van der Waals surface area contributed by atoms with E-state index < -0.39 is 0 Å². The third-order valence-corrected chi connectivity index (χ3v) is 3.83. The number of thiazole rings is 1. The molecule has 1 aliphatic rings. The topological polar surface area (TPSA) is 46.2 Å². The predicted molar refractivity (Wildman–Crippen MR) is 65.7 cm³/mol. The van der Waals surface area contributed by atoms with Crippen LogP contribution in [-0.4, -0.2) is 37.8 Å². The van der Waals surface area contributed by atoms with Crippen molar-refractivity contribution in [1.29, 1.82) is 0 Å². The van der Waals surface area contributed by atoms with Crippen LogP contribution in [0.4, 0.5) is 0 Å². The predicted octanol–water partition coefficient (Wildman–Crippen LogP) is 0.776. The van der Waals surface area contributed by atoms with Crippen molar-refractivity contribution in [2.75, 3.05) is 26.8 Å². The molecular formula is C11H19N3OS. The number of aromatic nitrogens is 1. The zero-order valence-electron chi connectivity index (χ0n) is 9.82. The summed E-state index contributed by atoms with van der Waals surface area (Å²) in [6.07, 6.45) is 1.93. The Morgan fingerprint density at radius 1 is 1.56 bits per heavy atom. The van der Waals surface area contributed by atoms with E-state index in [0.29, 0.717) is 12.0 Å². The SMILES string of the molecule is CNC1COCC1CNCc1ncc(C)s1. The second-order valence-corrected chi connectivity index (χ2v) is 5.51. The van der Waals surface area contributed by atoms with Crippen LogP contribution >= 0.6 is 11.3 Å². The number of ether oxygens (including phenoxy) is 1. The van der Waals surface area contributed by atoms with E-state index in [9.17, 15) is 0 Å².